The van der Waals surface area contributed by atoms with Gasteiger partial charge >= 0.3 is 0 Å². The molecule has 1 aliphatic rings. The largest absolute Gasteiger partial charge is 0.387 e. The number of aliphatic hydroxyl groups is 1. The summed E-state index contributed by atoms with van der Waals surface area (Å²) in [6, 6.07) is 0. The van der Waals surface area contributed by atoms with Gasteiger partial charge in [-0.1, -0.05) is 23.3 Å². The zero-order valence-electron chi connectivity index (χ0n) is 10.9. The summed E-state index contributed by atoms with van der Waals surface area (Å²) in [5.74, 6) is 0. The Balaban J connectivity index is 2.47. The van der Waals surface area contributed by atoms with Crippen molar-refractivity contribution in [2.45, 2.75) is 58.7 Å². The van der Waals surface area contributed by atoms with Gasteiger partial charge in [-0.15, -0.1) is 0 Å². The predicted molar refractivity (Wildman–Crippen MR) is 67.4 cm³/mol. The predicted octanol–water partition coefficient (Wildman–Crippen LogP) is 3.22. The van der Waals surface area contributed by atoms with Crippen LogP contribution in [0.1, 0.15) is 47.0 Å². The second kappa shape index (κ2) is 5.65. The third-order valence-electron chi connectivity index (χ3n) is 3.05. The topological polar surface area (TPSA) is 29.5 Å². The zero-order chi connectivity index (χ0) is 12.2. The lowest BCUT2D eigenvalue weighted by molar-refractivity contribution is 0.00169. The molecule has 0 aromatic carbocycles. The maximum absolute atomic E-state index is 10.0. The summed E-state index contributed by atoms with van der Waals surface area (Å²) in [5.41, 5.74) is 1.97. The fourth-order valence-electron chi connectivity index (χ4n) is 1.87. The lowest BCUT2D eigenvalue weighted by Gasteiger charge is -2.21. The minimum absolute atomic E-state index is 0.126. The lowest BCUT2D eigenvalue weighted by Crippen LogP contribution is -2.33. The van der Waals surface area contributed by atoms with Crippen molar-refractivity contribution in [1.29, 1.82) is 0 Å². The highest BCUT2D eigenvalue weighted by Gasteiger charge is 2.36. The van der Waals surface area contributed by atoms with E-state index in [1.165, 1.54) is 11.1 Å². The van der Waals surface area contributed by atoms with Gasteiger partial charge in [-0.2, -0.15) is 0 Å². The van der Waals surface area contributed by atoms with E-state index in [1.807, 2.05) is 6.92 Å². The standard InChI is InChI=1S/C14H24O2/c1-11(2)6-5-7-12(3)10-13-14(4,15)8-9-16-13/h6,10,13,15H,5,7-9H2,1-4H3/b12-10+/t13-,14-/m0/s1. The summed E-state index contributed by atoms with van der Waals surface area (Å²) in [7, 11) is 0. The molecule has 92 valence electrons. The molecule has 0 aromatic heterocycles. The molecule has 1 rings (SSSR count). The van der Waals surface area contributed by atoms with E-state index in [1.54, 1.807) is 0 Å². The Labute approximate surface area is 99.0 Å². The molecule has 0 aromatic rings. The van der Waals surface area contributed by atoms with Gasteiger partial charge in [0.1, 0.15) is 6.10 Å². The van der Waals surface area contributed by atoms with E-state index in [0.29, 0.717) is 6.61 Å². The molecule has 0 aliphatic carbocycles. The van der Waals surface area contributed by atoms with Crippen molar-refractivity contribution in [1.82, 2.24) is 0 Å². The molecule has 16 heavy (non-hydrogen) atoms. The molecular weight excluding hydrogens is 200 g/mol. The van der Waals surface area contributed by atoms with Crippen LogP contribution in [-0.2, 0) is 4.74 Å². The second-order valence-corrected chi connectivity index (χ2v) is 5.23. The van der Waals surface area contributed by atoms with E-state index in [4.69, 9.17) is 4.74 Å². The summed E-state index contributed by atoms with van der Waals surface area (Å²) >= 11 is 0. The summed E-state index contributed by atoms with van der Waals surface area (Å²) in [6.07, 6.45) is 7.03. The monoisotopic (exact) mass is 224 g/mol. The van der Waals surface area contributed by atoms with Gasteiger partial charge in [0.25, 0.3) is 0 Å². The van der Waals surface area contributed by atoms with Crippen LogP contribution in [0.2, 0.25) is 0 Å². The Morgan fingerprint density at radius 1 is 1.44 bits per heavy atom. The van der Waals surface area contributed by atoms with Crippen LogP contribution in [0, 0.1) is 0 Å². The first-order chi connectivity index (χ1) is 7.42. The molecule has 1 fully saturated rings. The molecule has 2 heteroatoms. The fourth-order valence-corrected chi connectivity index (χ4v) is 1.87. The molecule has 0 radical (unpaired) electrons. The number of allylic oxidation sites excluding steroid dienone is 3. The highest BCUT2D eigenvalue weighted by Crippen LogP contribution is 2.27. The summed E-state index contributed by atoms with van der Waals surface area (Å²) in [5, 5.41) is 10.0. The Bertz CT molecular complexity index is 283. The Morgan fingerprint density at radius 2 is 2.12 bits per heavy atom. The van der Waals surface area contributed by atoms with E-state index < -0.39 is 5.60 Å². The Morgan fingerprint density at radius 3 is 2.62 bits per heavy atom. The number of hydrogen-bond acceptors (Lipinski definition) is 2. The van der Waals surface area contributed by atoms with Crippen molar-refractivity contribution in [3.63, 3.8) is 0 Å². The first-order valence-corrected chi connectivity index (χ1v) is 6.06. The number of hydrogen-bond donors (Lipinski definition) is 1. The van der Waals surface area contributed by atoms with E-state index in [2.05, 4.69) is 32.9 Å². The molecule has 0 bridgehead atoms. The van der Waals surface area contributed by atoms with Crippen LogP contribution in [0.25, 0.3) is 0 Å². The van der Waals surface area contributed by atoms with Gasteiger partial charge in [-0.3, -0.25) is 0 Å². The molecule has 2 atom stereocenters. The fraction of sp³-hybridized carbons (Fsp3) is 0.714. The number of ether oxygens (including phenoxy) is 1. The van der Waals surface area contributed by atoms with Crippen molar-refractivity contribution in [3.05, 3.63) is 23.3 Å². The third-order valence-corrected chi connectivity index (χ3v) is 3.05. The number of rotatable bonds is 4. The first-order valence-electron chi connectivity index (χ1n) is 6.06. The van der Waals surface area contributed by atoms with Crippen LogP contribution in [0.3, 0.4) is 0 Å². The molecule has 2 nitrogen and oxygen atoms in total. The Kier molecular flexibility index (Phi) is 4.75. The van der Waals surface area contributed by atoms with Gasteiger partial charge in [-0.05, 0) is 40.5 Å². The summed E-state index contributed by atoms with van der Waals surface area (Å²) < 4.78 is 5.52. The van der Waals surface area contributed by atoms with Crippen molar-refractivity contribution >= 4 is 0 Å². The lowest BCUT2D eigenvalue weighted by atomic mass is 9.96. The van der Waals surface area contributed by atoms with E-state index in [9.17, 15) is 5.11 Å². The smallest absolute Gasteiger partial charge is 0.104 e. The van der Waals surface area contributed by atoms with Crippen molar-refractivity contribution < 1.29 is 9.84 Å². The van der Waals surface area contributed by atoms with Crippen molar-refractivity contribution in [2.24, 2.45) is 0 Å². The normalized spacial score (nSPS) is 30.6. The van der Waals surface area contributed by atoms with E-state index in [0.717, 1.165) is 19.3 Å². The van der Waals surface area contributed by atoms with Gasteiger partial charge in [0.2, 0.25) is 0 Å². The SMILES string of the molecule is CC(C)=CCC/C(C)=C/[C@@H]1OCC[C@]1(C)O. The molecule has 0 amide bonds. The van der Waals surface area contributed by atoms with Crippen molar-refractivity contribution in [2.75, 3.05) is 6.61 Å². The molecule has 0 spiro atoms. The van der Waals surface area contributed by atoms with Crippen LogP contribution in [0.5, 0.6) is 0 Å². The first kappa shape index (κ1) is 13.5. The maximum Gasteiger partial charge on any atom is 0.104 e. The highest BCUT2D eigenvalue weighted by molar-refractivity contribution is 5.10. The molecule has 0 saturated carbocycles. The molecule has 0 unspecified atom stereocenters. The van der Waals surface area contributed by atoms with Gasteiger partial charge in [0, 0.05) is 6.42 Å². The Hall–Kier alpha value is -0.600. The summed E-state index contributed by atoms with van der Waals surface area (Å²) in [6.45, 7) is 8.85. The van der Waals surface area contributed by atoms with Gasteiger partial charge in [0.15, 0.2) is 0 Å². The molecule has 1 saturated heterocycles. The summed E-state index contributed by atoms with van der Waals surface area (Å²) in [4.78, 5) is 0. The molecule has 1 heterocycles. The maximum atomic E-state index is 10.0. The van der Waals surface area contributed by atoms with Gasteiger partial charge in [0.05, 0.1) is 12.2 Å². The quantitative estimate of drug-likeness (QED) is 0.743. The average molecular weight is 224 g/mol. The molecule has 1 N–H and O–H groups in total. The van der Waals surface area contributed by atoms with Crippen LogP contribution in [-0.4, -0.2) is 23.4 Å². The minimum Gasteiger partial charge on any atom is -0.387 e. The minimum atomic E-state index is -0.683. The van der Waals surface area contributed by atoms with E-state index in [-0.39, 0.29) is 6.10 Å². The van der Waals surface area contributed by atoms with Crippen LogP contribution in [0.15, 0.2) is 23.3 Å². The molecular formula is C14H24O2. The van der Waals surface area contributed by atoms with E-state index >= 15 is 0 Å². The zero-order valence-corrected chi connectivity index (χ0v) is 10.9. The van der Waals surface area contributed by atoms with Gasteiger partial charge < -0.3 is 9.84 Å². The second-order valence-electron chi connectivity index (χ2n) is 5.23. The van der Waals surface area contributed by atoms with Gasteiger partial charge in [-0.25, -0.2) is 0 Å². The highest BCUT2D eigenvalue weighted by atomic mass is 16.5. The van der Waals surface area contributed by atoms with Crippen LogP contribution in [0.4, 0.5) is 0 Å². The van der Waals surface area contributed by atoms with Crippen molar-refractivity contribution in [3.8, 4) is 0 Å². The van der Waals surface area contributed by atoms with Crippen LogP contribution >= 0.6 is 0 Å². The van der Waals surface area contributed by atoms with Crippen LogP contribution < -0.4 is 0 Å². The third kappa shape index (κ3) is 4.11. The average Bonchev–Trinajstić information content (AvgIpc) is 2.45. The molecule has 1 aliphatic heterocycles.